The van der Waals surface area contributed by atoms with Gasteiger partial charge in [-0.05, 0) is 24.3 Å². The first kappa shape index (κ1) is 16.2. The van der Waals surface area contributed by atoms with E-state index in [0.717, 1.165) is 45.8 Å². The van der Waals surface area contributed by atoms with Gasteiger partial charge >= 0.3 is 0 Å². The zero-order chi connectivity index (χ0) is 13.8. The van der Waals surface area contributed by atoms with Gasteiger partial charge in [-0.2, -0.15) is 0 Å². The minimum absolute atomic E-state index is 0.509. The maximum atomic E-state index is 5.61. The monoisotopic (exact) mass is 265 g/mol. The molecule has 0 bridgehead atoms. The zero-order valence-electron chi connectivity index (χ0n) is 12.2. The lowest BCUT2D eigenvalue weighted by Gasteiger charge is -2.18. The van der Waals surface area contributed by atoms with E-state index in [4.69, 9.17) is 9.47 Å². The van der Waals surface area contributed by atoms with Crippen molar-refractivity contribution in [2.24, 2.45) is 0 Å². The third kappa shape index (κ3) is 7.31. The maximum absolute atomic E-state index is 5.61. The van der Waals surface area contributed by atoms with Gasteiger partial charge in [-0.3, -0.25) is 0 Å². The summed E-state index contributed by atoms with van der Waals surface area (Å²) in [5.41, 5.74) is 1.38. The van der Waals surface area contributed by atoms with Crippen LogP contribution in [0.3, 0.4) is 0 Å². The highest BCUT2D eigenvalue weighted by Crippen LogP contribution is 2.18. The summed E-state index contributed by atoms with van der Waals surface area (Å²) in [5.74, 6) is 0.509. The molecule has 1 rings (SSSR count). The number of benzene rings is 1. The largest absolute Gasteiger partial charge is 0.383 e. The second kappa shape index (κ2) is 11.0. The van der Waals surface area contributed by atoms with Crippen LogP contribution in [0.2, 0.25) is 0 Å². The van der Waals surface area contributed by atoms with Crippen molar-refractivity contribution in [1.82, 2.24) is 5.32 Å². The van der Waals surface area contributed by atoms with Crippen LogP contribution in [-0.2, 0) is 9.47 Å². The van der Waals surface area contributed by atoms with E-state index in [-0.39, 0.29) is 0 Å². The Morgan fingerprint density at radius 2 is 1.89 bits per heavy atom. The number of hydrogen-bond donors (Lipinski definition) is 1. The van der Waals surface area contributed by atoms with Crippen LogP contribution in [0.1, 0.15) is 31.2 Å². The van der Waals surface area contributed by atoms with Gasteiger partial charge < -0.3 is 14.8 Å². The number of nitrogens with one attached hydrogen (secondary N) is 1. The van der Waals surface area contributed by atoms with E-state index in [1.807, 2.05) is 0 Å². The fraction of sp³-hybridized carbons (Fsp3) is 0.625. The lowest BCUT2D eigenvalue weighted by atomic mass is 9.96. The predicted octanol–water partition coefficient (Wildman–Crippen LogP) is 2.82. The molecule has 1 atom stereocenters. The second-order valence-electron chi connectivity index (χ2n) is 4.71. The number of methoxy groups -OCH3 is 1. The molecule has 0 aliphatic carbocycles. The van der Waals surface area contributed by atoms with Crippen molar-refractivity contribution >= 4 is 0 Å². The Hall–Kier alpha value is -0.900. The molecule has 0 saturated carbocycles. The molecule has 108 valence electrons. The van der Waals surface area contributed by atoms with Crippen LogP contribution in [0.4, 0.5) is 0 Å². The minimum atomic E-state index is 0.509. The van der Waals surface area contributed by atoms with E-state index in [1.54, 1.807) is 7.11 Å². The fourth-order valence-electron chi connectivity index (χ4n) is 2.03. The highest BCUT2D eigenvalue weighted by Gasteiger charge is 2.10. The summed E-state index contributed by atoms with van der Waals surface area (Å²) in [6, 6.07) is 10.7. The van der Waals surface area contributed by atoms with Gasteiger partial charge in [0.1, 0.15) is 0 Å². The molecule has 3 heteroatoms. The first-order valence-corrected chi connectivity index (χ1v) is 7.20. The van der Waals surface area contributed by atoms with E-state index >= 15 is 0 Å². The molecule has 0 aliphatic heterocycles. The quantitative estimate of drug-likeness (QED) is 0.624. The first-order chi connectivity index (χ1) is 9.38. The molecule has 1 aromatic rings. The summed E-state index contributed by atoms with van der Waals surface area (Å²) in [6.45, 7) is 6.46. The first-order valence-electron chi connectivity index (χ1n) is 7.20. The summed E-state index contributed by atoms with van der Waals surface area (Å²) < 4.78 is 10.7. The molecule has 0 radical (unpaired) electrons. The van der Waals surface area contributed by atoms with E-state index in [1.165, 1.54) is 5.56 Å². The third-order valence-corrected chi connectivity index (χ3v) is 3.10. The highest BCUT2D eigenvalue weighted by atomic mass is 16.5. The normalized spacial score (nSPS) is 12.5. The Morgan fingerprint density at radius 1 is 1.11 bits per heavy atom. The van der Waals surface area contributed by atoms with Gasteiger partial charge in [-0.25, -0.2) is 0 Å². The minimum Gasteiger partial charge on any atom is -0.383 e. The Balaban J connectivity index is 2.39. The summed E-state index contributed by atoms with van der Waals surface area (Å²) in [6.07, 6.45) is 2.14. The molecule has 1 unspecified atom stereocenters. The van der Waals surface area contributed by atoms with Crippen molar-refractivity contribution in [1.29, 1.82) is 0 Å². The molecule has 19 heavy (non-hydrogen) atoms. The third-order valence-electron chi connectivity index (χ3n) is 3.10. The average molecular weight is 265 g/mol. The van der Waals surface area contributed by atoms with Gasteiger partial charge in [0, 0.05) is 33.4 Å². The van der Waals surface area contributed by atoms with Gasteiger partial charge in [-0.15, -0.1) is 0 Å². The average Bonchev–Trinajstić information content (AvgIpc) is 2.46. The van der Waals surface area contributed by atoms with Crippen LogP contribution in [0.5, 0.6) is 0 Å². The second-order valence-corrected chi connectivity index (χ2v) is 4.71. The van der Waals surface area contributed by atoms with Crippen molar-refractivity contribution < 1.29 is 9.47 Å². The summed E-state index contributed by atoms with van der Waals surface area (Å²) in [4.78, 5) is 0. The maximum Gasteiger partial charge on any atom is 0.0587 e. The Kier molecular flexibility index (Phi) is 9.33. The SMILES string of the molecule is CCCOCCC(CNCCOC)c1ccccc1. The zero-order valence-corrected chi connectivity index (χ0v) is 12.2. The Morgan fingerprint density at radius 3 is 2.58 bits per heavy atom. The van der Waals surface area contributed by atoms with Crippen LogP contribution < -0.4 is 5.32 Å². The molecule has 3 nitrogen and oxygen atoms in total. The molecule has 0 heterocycles. The lowest BCUT2D eigenvalue weighted by molar-refractivity contribution is 0.127. The van der Waals surface area contributed by atoms with Crippen molar-refractivity contribution in [3.63, 3.8) is 0 Å². The highest BCUT2D eigenvalue weighted by molar-refractivity contribution is 5.19. The molecule has 0 amide bonds. The molecule has 0 fully saturated rings. The van der Waals surface area contributed by atoms with Gasteiger partial charge in [0.2, 0.25) is 0 Å². The van der Waals surface area contributed by atoms with Gasteiger partial charge in [0.25, 0.3) is 0 Å². The Bertz CT molecular complexity index is 291. The Labute approximate surface area is 117 Å². The molecule has 0 saturated heterocycles. The number of hydrogen-bond acceptors (Lipinski definition) is 3. The van der Waals surface area contributed by atoms with E-state index in [0.29, 0.717) is 5.92 Å². The molecule has 0 aromatic heterocycles. The topological polar surface area (TPSA) is 30.5 Å². The van der Waals surface area contributed by atoms with Crippen LogP contribution >= 0.6 is 0 Å². The molecular formula is C16H27NO2. The molecule has 1 N–H and O–H groups in total. The lowest BCUT2D eigenvalue weighted by Crippen LogP contribution is -2.25. The van der Waals surface area contributed by atoms with E-state index in [9.17, 15) is 0 Å². The van der Waals surface area contributed by atoms with Gasteiger partial charge in [0.15, 0.2) is 0 Å². The standard InChI is InChI=1S/C16H27NO2/c1-3-11-19-12-9-16(14-17-10-13-18-2)15-7-5-4-6-8-15/h4-8,16-17H,3,9-14H2,1-2H3. The predicted molar refractivity (Wildman–Crippen MR) is 79.7 cm³/mol. The van der Waals surface area contributed by atoms with Crippen molar-refractivity contribution in [2.45, 2.75) is 25.7 Å². The van der Waals surface area contributed by atoms with E-state index in [2.05, 4.69) is 42.6 Å². The van der Waals surface area contributed by atoms with Crippen molar-refractivity contribution in [2.75, 3.05) is 40.0 Å². The van der Waals surface area contributed by atoms with Crippen LogP contribution in [0.15, 0.2) is 30.3 Å². The summed E-state index contributed by atoms with van der Waals surface area (Å²) in [7, 11) is 1.73. The molecule has 1 aromatic carbocycles. The van der Waals surface area contributed by atoms with Crippen molar-refractivity contribution in [3.8, 4) is 0 Å². The van der Waals surface area contributed by atoms with Crippen molar-refractivity contribution in [3.05, 3.63) is 35.9 Å². The molecule has 0 aliphatic rings. The van der Waals surface area contributed by atoms with Crippen LogP contribution in [0.25, 0.3) is 0 Å². The van der Waals surface area contributed by atoms with Gasteiger partial charge in [-0.1, -0.05) is 37.3 Å². The van der Waals surface area contributed by atoms with Gasteiger partial charge in [0.05, 0.1) is 6.61 Å². The fourth-order valence-corrected chi connectivity index (χ4v) is 2.03. The van der Waals surface area contributed by atoms with Crippen LogP contribution in [0, 0.1) is 0 Å². The van der Waals surface area contributed by atoms with E-state index < -0.39 is 0 Å². The van der Waals surface area contributed by atoms with Crippen LogP contribution in [-0.4, -0.2) is 40.0 Å². The smallest absolute Gasteiger partial charge is 0.0587 e. The molecular weight excluding hydrogens is 238 g/mol. The summed E-state index contributed by atoms with van der Waals surface area (Å²) in [5, 5.41) is 3.45. The molecule has 0 spiro atoms. The summed E-state index contributed by atoms with van der Waals surface area (Å²) >= 11 is 0. The number of ether oxygens (including phenoxy) is 2. The number of rotatable bonds is 11.